The van der Waals surface area contributed by atoms with Crippen molar-refractivity contribution in [3.05, 3.63) is 29.4 Å². The van der Waals surface area contributed by atoms with Gasteiger partial charge in [0.2, 0.25) is 0 Å². The number of anilines is 2. The molecule has 10 heteroatoms. The quantitative estimate of drug-likeness (QED) is 0.407. The number of carbonyl (C=O) groups excluding carboxylic acids is 1. The van der Waals surface area contributed by atoms with E-state index in [0.717, 1.165) is 25.8 Å². The Bertz CT molecular complexity index is 1100. The highest BCUT2D eigenvalue weighted by molar-refractivity contribution is 6.04. The summed E-state index contributed by atoms with van der Waals surface area (Å²) >= 11 is 0. The molecule has 1 aromatic heterocycles. The summed E-state index contributed by atoms with van der Waals surface area (Å²) in [5.41, 5.74) is 0.00341. The molecule has 4 fully saturated rings. The fourth-order valence-electron chi connectivity index (χ4n) is 5.72. The van der Waals surface area contributed by atoms with Gasteiger partial charge in [-0.1, -0.05) is 27.7 Å². The molecule has 1 amide bonds. The van der Waals surface area contributed by atoms with Crippen molar-refractivity contribution in [2.24, 2.45) is 11.8 Å². The number of carbonyl (C=O) groups is 1. The maximum atomic E-state index is 14.9. The Morgan fingerprint density at radius 2 is 1.90 bits per heavy atom. The summed E-state index contributed by atoms with van der Waals surface area (Å²) in [6, 6.07) is 2.83. The maximum Gasteiger partial charge on any atom is 0.298 e. The highest BCUT2D eigenvalue weighted by atomic mass is 19.1. The summed E-state index contributed by atoms with van der Waals surface area (Å²) < 4.78 is 32.4. The van der Waals surface area contributed by atoms with E-state index in [0.29, 0.717) is 43.2 Å². The Labute approximate surface area is 230 Å². The van der Waals surface area contributed by atoms with Crippen molar-refractivity contribution < 1.29 is 28.2 Å². The molecule has 2 aromatic rings. The number of phenols is 1. The van der Waals surface area contributed by atoms with Crippen molar-refractivity contribution in [3.63, 3.8) is 0 Å². The van der Waals surface area contributed by atoms with Gasteiger partial charge >= 0.3 is 0 Å². The summed E-state index contributed by atoms with van der Waals surface area (Å²) in [6.07, 6.45) is 4.99. The summed E-state index contributed by atoms with van der Waals surface area (Å²) in [7, 11) is 3.61. The number of halogens is 1. The lowest BCUT2D eigenvalue weighted by molar-refractivity contribution is -0.0379. The molecule has 9 nitrogen and oxygen atoms in total. The fraction of sp³-hybridized carbons (Fsp3) is 0.655. The van der Waals surface area contributed by atoms with E-state index < -0.39 is 11.7 Å². The molecule has 39 heavy (non-hydrogen) atoms. The van der Waals surface area contributed by atoms with Gasteiger partial charge in [0.05, 0.1) is 25.7 Å². The standard InChI is InChI=1S/C27H37FN4O5.C2H6/c1-5-27(35-4)14-32(15-27)26-30-23(22(37-26)13-31(3)6-2)25(34)29-18-11-20(28)24(21(33)12-18)36-19-9-16-7-17(8-16)10-19;1-2/h11-12,16-17,19,33H,5-10,13-15H2,1-4H3,(H,29,34);1-2H3. The van der Waals surface area contributed by atoms with E-state index in [2.05, 4.69) is 17.2 Å². The summed E-state index contributed by atoms with van der Waals surface area (Å²) in [5.74, 6) is -0.0366. The monoisotopic (exact) mass is 546 g/mol. The van der Waals surface area contributed by atoms with E-state index in [-0.39, 0.29) is 34.6 Å². The number of benzene rings is 1. The van der Waals surface area contributed by atoms with Crippen LogP contribution in [0.15, 0.2) is 16.5 Å². The minimum atomic E-state index is -0.711. The third-order valence-corrected chi connectivity index (χ3v) is 8.25. The highest BCUT2D eigenvalue weighted by Crippen LogP contribution is 2.47. The minimum absolute atomic E-state index is 0.0870. The molecule has 0 radical (unpaired) electrons. The fourth-order valence-corrected chi connectivity index (χ4v) is 5.72. The molecule has 1 saturated heterocycles. The van der Waals surface area contributed by atoms with Crippen LogP contribution in [0, 0.1) is 17.7 Å². The predicted octanol–water partition coefficient (Wildman–Crippen LogP) is 5.43. The van der Waals surface area contributed by atoms with Crippen molar-refractivity contribution in [3.8, 4) is 11.5 Å². The summed E-state index contributed by atoms with van der Waals surface area (Å²) in [5, 5.41) is 13.2. The van der Waals surface area contributed by atoms with E-state index >= 15 is 0 Å². The topological polar surface area (TPSA) is 100 Å². The number of ether oxygens (including phenoxy) is 2. The van der Waals surface area contributed by atoms with Crippen LogP contribution in [0.5, 0.6) is 11.5 Å². The Morgan fingerprint density at radius 3 is 2.46 bits per heavy atom. The minimum Gasteiger partial charge on any atom is -0.504 e. The number of hydrogen-bond donors (Lipinski definition) is 2. The molecular formula is C29H43FN4O5. The number of amides is 1. The average molecular weight is 547 g/mol. The molecule has 1 aliphatic heterocycles. The molecule has 2 bridgehead atoms. The number of rotatable bonds is 10. The van der Waals surface area contributed by atoms with Gasteiger partial charge in [-0.2, -0.15) is 4.98 Å². The molecule has 1 aromatic carbocycles. The molecule has 3 saturated carbocycles. The normalized spacial score (nSPS) is 22.9. The second kappa shape index (κ2) is 12.1. The first kappa shape index (κ1) is 29.1. The molecule has 4 aliphatic rings. The summed E-state index contributed by atoms with van der Waals surface area (Å²) in [4.78, 5) is 21.6. The van der Waals surface area contributed by atoms with E-state index in [1.165, 1.54) is 25.0 Å². The van der Waals surface area contributed by atoms with Gasteiger partial charge in [0.1, 0.15) is 5.60 Å². The van der Waals surface area contributed by atoms with Gasteiger partial charge in [0.25, 0.3) is 11.9 Å². The number of methoxy groups -OCH3 is 1. The molecule has 2 heterocycles. The molecule has 216 valence electrons. The van der Waals surface area contributed by atoms with E-state index in [1.54, 1.807) is 7.11 Å². The van der Waals surface area contributed by atoms with Crippen LogP contribution in [0.3, 0.4) is 0 Å². The lowest BCUT2D eigenvalue weighted by atomic mass is 9.64. The Hall–Kier alpha value is -2.85. The van der Waals surface area contributed by atoms with E-state index in [9.17, 15) is 14.3 Å². The molecule has 0 atom stereocenters. The zero-order chi connectivity index (χ0) is 28.3. The number of nitrogens with zero attached hydrogens (tertiary/aromatic N) is 3. The van der Waals surface area contributed by atoms with Crippen LogP contribution in [-0.2, 0) is 11.3 Å². The number of aromatic hydroxyl groups is 1. The molecule has 2 N–H and O–H groups in total. The first-order valence-corrected chi connectivity index (χ1v) is 14.2. The zero-order valence-electron chi connectivity index (χ0n) is 24.1. The van der Waals surface area contributed by atoms with E-state index in [4.69, 9.17) is 13.9 Å². The highest BCUT2D eigenvalue weighted by Gasteiger charge is 2.44. The predicted molar refractivity (Wildman–Crippen MR) is 148 cm³/mol. The van der Waals surface area contributed by atoms with Crippen LogP contribution in [0.4, 0.5) is 16.1 Å². The number of nitrogens with one attached hydrogen (secondary N) is 1. The van der Waals surface area contributed by atoms with Gasteiger partial charge in [-0.3, -0.25) is 9.69 Å². The number of aromatic nitrogens is 1. The SMILES string of the molecule is CC.CCN(C)Cc1oc(N2CC(CC)(OC)C2)nc1C(=O)Nc1cc(O)c(OC2CC3CC(C3)C2)c(F)c1. The molecule has 3 aliphatic carbocycles. The van der Waals surface area contributed by atoms with Crippen molar-refractivity contribution in [1.82, 2.24) is 9.88 Å². The van der Waals surface area contributed by atoms with Crippen LogP contribution >= 0.6 is 0 Å². The maximum absolute atomic E-state index is 14.9. The van der Waals surface area contributed by atoms with Crippen molar-refractivity contribution in [2.45, 2.75) is 78.0 Å². The van der Waals surface area contributed by atoms with Crippen LogP contribution in [-0.4, -0.2) is 66.4 Å². The van der Waals surface area contributed by atoms with Crippen LogP contribution < -0.4 is 15.0 Å². The zero-order valence-corrected chi connectivity index (χ0v) is 24.1. The third-order valence-electron chi connectivity index (χ3n) is 8.25. The van der Waals surface area contributed by atoms with Crippen LogP contribution in [0.25, 0.3) is 0 Å². The largest absolute Gasteiger partial charge is 0.504 e. The number of fused-ring (bicyclic) bond motifs is 2. The lowest BCUT2D eigenvalue weighted by Gasteiger charge is -2.47. The van der Waals surface area contributed by atoms with Gasteiger partial charge in [-0.05, 0) is 57.5 Å². The Balaban J connectivity index is 0.00000172. The second-order valence-electron chi connectivity index (χ2n) is 10.9. The Kier molecular flexibility index (Phi) is 9.06. The molecule has 6 rings (SSSR count). The van der Waals surface area contributed by atoms with Crippen molar-refractivity contribution in [1.29, 1.82) is 0 Å². The number of hydrogen-bond acceptors (Lipinski definition) is 8. The summed E-state index contributed by atoms with van der Waals surface area (Å²) in [6.45, 7) is 10.5. The van der Waals surface area contributed by atoms with Gasteiger partial charge in [0.15, 0.2) is 28.8 Å². The average Bonchev–Trinajstić information content (AvgIpc) is 3.30. The van der Waals surface area contributed by atoms with E-state index in [1.807, 2.05) is 37.6 Å². The number of oxazole rings is 1. The van der Waals surface area contributed by atoms with Gasteiger partial charge < -0.3 is 29.2 Å². The van der Waals surface area contributed by atoms with Gasteiger partial charge in [-0.15, -0.1) is 0 Å². The Morgan fingerprint density at radius 1 is 1.23 bits per heavy atom. The lowest BCUT2D eigenvalue weighted by Crippen LogP contribution is -2.62. The number of phenolic OH excluding ortho intramolecular Hbond substituents is 1. The third kappa shape index (κ3) is 6.17. The first-order chi connectivity index (χ1) is 18.7. The van der Waals surface area contributed by atoms with Gasteiger partial charge in [0, 0.05) is 24.9 Å². The van der Waals surface area contributed by atoms with Crippen molar-refractivity contribution >= 4 is 17.6 Å². The van der Waals surface area contributed by atoms with Crippen molar-refractivity contribution in [2.75, 3.05) is 44.0 Å². The second-order valence-corrected chi connectivity index (χ2v) is 10.9. The smallest absolute Gasteiger partial charge is 0.298 e. The molecule has 0 unspecified atom stereocenters. The molecular weight excluding hydrogens is 503 g/mol. The van der Waals surface area contributed by atoms with Crippen LogP contribution in [0.1, 0.15) is 76.0 Å². The molecule has 0 spiro atoms. The first-order valence-electron chi connectivity index (χ1n) is 14.2. The van der Waals surface area contributed by atoms with Gasteiger partial charge in [-0.25, -0.2) is 4.39 Å². The van der Waals surface area contributed by atoms with Crippen LogP contribution in [0.2, 0.25) is 0 Å².